The summed E-state index contributed by atoms with van der Waals surface area (Å²) in [6, 6.07) is 15.1. The van der Waals surface area contributed by atoms with Crippen LogP contribution in [0.4, 0.5) is 4.39 Å². The van der Waals surface area contributed by atoms with Gasteiger partial charge in [-0.3, -0.25) is 4.99 Å². The zero-order valence-electron chi connectivity index (χ0n) is 11.7. The van der Waals surface area contributed by atoms with Gasteiger partial charge in [-0.15, -0.1) is 0 Å². The maximum absolute atomic E-state index is 13.4. The third-order valence-corrected chi connectivity index (χ3v) is 3.61. The molecule has 2 aromatic rings. The Morgan fingerprint density at radius 3 is 2.33 bits per heavy atom. The van der Waals surface area contributed by atoms with E-state index < -0.39 is 0 Å². The standard InChI is InChI=1S/C16H17BrFN3/c1-19-16(20-10-12-5-3-2-4-6-12)21-11-13-7-8-14(17)15(18)9-13/h2-9H,10-11H2,1H3,(H2,19,20,21). The van der Waals surface area contributed by atoms with E-state index in [1.807, 2.05) is 36.4 Å². The highest BCUT2D eigenvalue weighted by Crippen LogP contribution is 2.16. The van der Waals surface area contributed by atoms with Crippen molar-refractivity contribution in [2.75, 3.05) is 7.05 Å². The first-order valence-corrected chi connectivity index (χ1v) is 7.40. The molecule has 0 atom stereocenters. The quantitative estimate of drug-likeness (QED) is 0.655. The van der Waals surface area contributed by atoms with Gasteiger partial charge in [-0.1, -0.05) is 36.4 Å². The molecule has 0 radical (unpaired) electrons. The lowest BCUT2D eigenvalue weighted by atomic mass is 10.2. The van der Waals surface area contributed by atoms with Crippen molar-refractivity contribution >= 4 is 21.9 Å². The van der Waals surface area contributed by atoms with Crippen molar-refractivity contribution in [1.29, 1.82) is 0 Å². The molecule has 0 bridgehead atoms. The Kier molecular flexibility index (Phi) is 5.75. The van der Waals surface area contributed by atoms with E-state index in [9.17, 15) is 4.39 Å². The molecule has 0 aliphatic rings. The molecule has 0 heterocycles. The molecule has 0 amide bonds. The summed E-state index contributed by atoms with van der Waals surface area (Å²) < 4.78 is 13.9. The number of hydrogen-bond acceptors (Lipinski definition) is 1. The SMILES string of the molecule is CN=C(NCc1ccccc1)NCc1ccc(Br)c(F)c1. The Morgan fingerprint density at radius 1 is 1.05 bits per heavy atom. The molecule has 2 rings (SSSR count). The summed E-state index contributed by atoms with van der Waals surface area (Å²) in [6.07, 6.45) is 0. The molecule has 21 heavy (non-hydrogen) atoms. The third-order valence-electron chi connectivity index (χ3n) is 2.97. The lowest BCUT2D eigenvalue weighted by Gasteiger charge is -2.12. The zero-order valence-corrected chi connectivity index (χ0v) is 13.3. The summed E-state index contributed by atoms with van der Waals surface area (Å²) in [6.45, 7) is 1.20. The normalized spacial score (nSPS) is 11.3. The molecule has 0 saturated heterocycles. The van der Waals surface area contributed by atoms with Crippen molar-refractivity contribution < 1.29 is 4.39 Å². The molecule has 0 saturated carbocycles. The van der Waals surface area contributed by atoms with E-state index in [0.29, 0.717) is 23.5 Å². The Hall–Kier alpha value is -1.88. The molecular formula is C16H17BrFN3. The number of halogens is 2. The van der Waals surface area contributed by atoms with Crippen LogP contribution in [0, 0.1) is 5.82 Å². The van der Waals surface area contributed by atoms with Crippen LogP contribution in [0.25, 0.3) is 0 Å². The molecule has 2 aromatic carbocycles. The van der Waals surface area contributed by atoms with Crippen molar-refractivity contribution in [3.8, 4) is 0 Å². The van der Waals surface area contributed by atoms with Crippen molar-refractivity contribution in [3.63, 3.8) is 0 Å². The van der Waals surface area contributed by atoms with E-state index in [0.717, 1.165) is 5.56 Å². The van der Waals surface area contributed by atoms with E-state index in [4.69, 9.17) is 0 Å². The lowest BCUT2D eigenvalue weighted by Crippen LogP contribution is -2.36. The van der Waals surface area contributed by atoms with E-state index >= 15 is 0 Å². The Labute approximate surface area is 132 Å². The van der Waals surface area contributed by atoms with Crippen LogP contribution in [0.5, 0.6) is 0 Å². The average molecular weight is 350 g/mol. The summed E-state index contributed by atoms with van der Waals surface area (Å²) in [5.74, 6) is 0.420. The minimum Gasteiger partial charge on any atom is -0.352 e. The smallest absolute Gasteiger partial charge is 0.191 e. The Bertz CT molecular complexity index is 614. The van der Waals surface area contributed by atoms with Gasteiger partial charge in [0.05, 0.1) is 4.47 Å². The molecule has 0 spiro atoms. The second-order valence-electron chi connectivity index (χ2n) is 4.51. The van der Waals surface area contributed by atoms with Gasteiger partial charge < -0.3 is 10.6 Å². The first-order valence-electron chi connectivity index (χ1n) is 6.61. The number of rotatable bonds is 4. The van der Waals surface area contributed by atoms with E-state index in [1.54, 1.807) is 13.1 Å². The van der Waals surface area contributed by atoms with Crippen molar-refractivity contribution in [2.45, 2.75) is 13.1 Å². The van der Waals surface area contributed by atoms with Gasteiger partial charge >= 0.3 is 0 Å². The molecule has 2 N–H and O–H groups in total. The number of nitrogens with one attached hydrogen (secondary N) is 2. The van der Waals surface area contributed by atoms with Crippen molar-refractivity contribution in [3.05, 3.63) is 69.9 Å². The topological polar surface area (TPSA) is 36.4 Å². The number of aliphatic imine (C=N–C) groups is 1. The minimum atomic E-state index is -0.262. The number of hydrogen-bond donors (Lipinski definition) is 2. The van der Waals surface area contributed by atoms with Crippen LogP contribution in [0.15, 0.2) is 58.0 Å². The van der Waals surface area contributed by atoms with Crippen molar-refractivity contribution in [1.82, 2.24) is 10.6 Å². The molecule has 0 unspecified atom stereocenters. The highest BCUT2D eigenvalue weighted by Gasteiger charge is 2.02. The monoisotopic (exact) mass is 349 g/mol. The largest absolute Gasteiger partial charge is 0.352 e. The van der Waals surface area contributed by atoms with Gasteiger partial charge in [-0.2, -0.15) is 0 Å². The summed E-state index contributed by atoms with van der Waals surface area (Å²) >= 11 is 3.14. The minimum absolute atomic E-state index is 0.262. The fourth-order valence-corrected chi connectivity index (χ4v) is 2.08. The molecule has 0 aromatic heterocycles. The summed E-state index contributed by atoms with van der Waals surface area (Å²) in [5.41, 5.74) is 2.04. The van der Waals surface area contributed by atoms with Gasteiger partial charge in [0, 0.05) is 20.1 Å². The maximum Gasteiger partial charge on any atom is 0.191 e. The van der Waals surface area contributed by atoms with E-state index in [-0.39, 0.29) is 5.82 Å². The Balaban J connectivity index is 1.86. The van der Waals surface area contributed by atoms with Gasteiger partial charge in [0.15, 0.2) is 5.96 Å². The second-order valence-corrected chi connectivity index (χ2v) is 5.37. The fourth-order valence-electron chi connectivity index (χ4n) is 1.84. The van der Waals surface area contributed by atoms with Crippen LogP contribution >= 0.6 is 15.9 Å². The lowest BCUT2D eigenvalue weighted by molar-refractivity contribution is 0.617. The second kappa shape index (κ2) is 7.78. The molecule has 3 nitrogen and oxygen atoms in total. The molecule has 110 valence electrons. The van der Waals surface area contributed by atoms with Crippen LogP contribution in [0.3, 0.4) is 0 Å². The van der Waals surface area contributed by atoms with Crippen LogP contribution < -0.4 is 10.6 Å². The molecule has 0 aliphatic heterocycles. The number of nitrogens with zero attached hydrogens (tertiary/aromatic N) is 1. The highest BCUT2D eigenvalue weighted by atomic mass is 79.9. The van der Waals surface area contributed by atoms with Crippen LogP contribution in [0.2, 0.25) is 0 Å². The molecule has 0 fully saturated rings. The first kappa shape index (κ1) is 15.5. The van der Waals surface area contributed by atoms with Crippen molar-refractivity contribution in [2.24, 2.45) is 4.99 Å². The molecule has 5 heteroatoms. The molecule has 0 aliphatic carbocycles. The summed E-state index contributed by atoms with van der Waals surface area (Å²) in [4.78, 5) is 4.15. The van der Waals surface area contributed by atoms with Gasteiger partial charge in [0.1, 0.15) is 5.82 Å². The van der Waals surface area contributed by atoms with Gasteiger partial charge in [0.2, 0.25) is 0 Å². The summed E-state index contributed by atoms with van der Waals surface area (Å²) in [5, 5.41) is 6.38. The highest BCUT2D eigenvalue weighted by molar-refractivity contribution is 9.10. The fraction of sp³-hybridized carbons (Fsp3) is 0.188. The predicted molar refractivity (Wildman–Crippen MR) is 87.6 cm³/mol. The molecular weight excluding hydrogens is 333 g/mol. The van der Waals surface area contributed by atoms with Gasteiger partial charge in [-0.25, -0.2) is 4.39 Å². The maximum atomic E-state index is 13.4. The van der Waals surface area contributed by atoms with Crippen LogP contribution in [-0.2, 0) is 13.1 Å². The number of benzene rings is 2. The van der Waals surface area contributed by atoms with Gasteiger partial charge in [-0.05, 0) is 39.2 Å². The predicted octanol–water partition coefficient (Wildman–Crippen LogP) is 3.45. The number of guanidine groups is 1. The van der Waals surface area contributed by atoms with E-state index in [1.165, 1.54) is 11.6 Å². The van der Waals surface area contributed by atoms with Crippen LogP contribution in [0.1, 0.15) is 11.1 Å². The third kappa shape index (κ3) is 4.86. The average Bonchev–Trinajstić information content (AvgIpc) is 2.52. The van der Waals surface area contributed by atoms with Gasteiger partial charge in [0.25, 0.3) is 0 Å². The summed E-state index contributed by atoms with van der Waals surface area (Å²) in [7, 11) is 1.71. The Morgan fingerprint density at radius 2 is 1.71 bits per heavy atom. The van der Waals surface area contributed by atoms with E-state index in [2.05, 4.69) is 31.6 Å². The van der Waals surface area contributed by atoms with Crippen LogP contribution in [-0.4, -0.2) is 13.0 Å². The first-order chi connectivity index (χ1) is 10.2. The zero-order chi connectivity index (χ0) is 15.1.